The zero-order valence-electron chi connectivity index (χ0n) is 13.9. The predicted molar refractivity (Wildman–Crippen MR) is 101 cm³/mol. The molecule has 128 valence electrons. The Morgan fingerprint density at radius 1 is 1.16 bits per heavy atom. The van der Waals surface area contributed by atoms with E-state index < -0.39 is 0 Å². The Morgan fingerprint density at radius 3 is 2.64 bits per heavy atom. The molecular weight excluding hydrogens is 334 g/mol. The maximum atomic E-state index is 12.1. The first-order chi connectivity index (χ1) is 12.2. The molecule has 3 aromatic rings. The van der Waals surface area contributed by atoms with Gasteiger partial charge >= 0.3 is 0 Å². The van der Waals surface area contributed by atoms with Crippen LogP contribution >= 0.6 is 11.8 Å². The van der Waals surface area contributed by atoms with Crippen molar-refractivity contribution in [2.24, 2.45) is 0 Å². The van der Waals surface area contributed by atoms with Crippen LogP contribution in [0, 0.1) is 0 Å². The molecule has 0 fully saturated rings. The van der Waals surface area contributed by atoms with E-state index in [9.17, 15) is 4.79 Å². The topological polar surface area (TPSA) is 67.0 Å². The zero-order chi connectivity index (χ0) is 17.5. The number of anilines is 1. The lowest BCUT2D eigenvalue weighted by atomic mass is 10.2. The third kappa shape index (κ3) is 4.87. The van der Waals surface area contributed by atoms with E-state index in [0.29, 0.717) is 6.61 Å². The monoisotopic (exact) mass is 353 g/mol. The van der Waals surface area contributed by atoms with E-state index in [2.05, 4.69) is 15.3 Å². The van der Waals surface area contributed by atoms with Crippen molar-refractivity contribution < 1.29 is 9.53 Å². The summed E-state index contributed by atoms with van der Waals surface area (Å²) in [4.78, 5) is 19.6. The number of benzene rings is 2. The van der Waals surface area contributed by atoms with Crippen LogP contribution in [0.3, 0.4) is 0 Å². The number of carbonyl (C=O) groups is 1. The third-order valence-electron chi connectivity index (χ3n) is 3.43. The van der Waals surface area contributed by atoms with Gasteiger partial charge in [-0.2, -0.15) is 0 Å². The summed E-state index contributed by atoms with van der Waals surface area (Å²) in [5.74, 6) is 1.00. The molecule has 0 spiro atoms. The van der Waals surface area contributed by atoms with E-state index in [4.69, 9.17) is 4.74 Å². The standard InChI is InChI=1S/C19H19N3O2S/c1-2-24-16-10-8-15(9-11-16)21-18(23)13-25-19-20-12-17(22-19)14-6-4-3-5-7-14/h3-12H,2,13H2,1H3,(H,20,22)(H,21,23). The summed E-state index contributed by atoms with van der Waals surface area (Å²) in [7, 11) is 0. The number of nitrogens with one attached hydrogen (secondary N) is 2. The zero-order valence-corrected chi connectivity index (χ0v) is 14.7. The van der Waals surface area contributed by atoms with E-state index in [0.717, 1.165) is 27.9 Å². The Bertz CT molecular complexity index is 816. The van der Waals surface area contributed by atoms with Gasteiger partial charge < -0.3 is 15.0 Å². The summed E-state index contributed by atoms with van der Waals surface area (Å²) in [5.41, 5.74) is 2.76. The number of carbonyl (C=O) groups excluding carboxylic acids is 1. The number of nitrogens with zero attached hydrogens (tertiary/aromatic N) is 1. The number of aromatic amines is 1. The minimum atomic E-state index is -0.0770. The number of hydrogen-bond donors (Lipinski definition) is 2. The highest BCUT2D eigenvalue weighted by molar-refractivity contribution is 7.99. The summed E-state index contributed by atoms with van der Waals surface area (Å²) in [5, 5.41) is 3.59. The summed E-state index contributed by atoms with van der Waals surface area (Å²) in [6, 6.07) is 17.3. The molecule has 1 amide bonds. The van der Waals surface area contributed by atoms with Gasteiger partial charge in [0, 0.05) is 5.69 Å². The quantitative estimate of drug-likeness (QED) is 0.625. The second kappa shape index (κ2) is 8.39. The summed E-state index contributed by atoms with van der Waals surface area (Å²) in [6.45, 7) is 2.56. The van der Waals surface area contributed by atoms with Crippen molar-refractivity contribution in [2.45, 2.75) is 12.1 Å². The molecular formula is C19H19N3O2S. The van der Waals surface area contributed by atoms with Gasteiger partial charge in [-0.15, -0.1) is 0 Å². The van der Waals surface area contributed by atoms with Crippen LogP contribution in [-0.2, 0) is 4.79 Å². The molecule has 0 atom stereocenters. The van der Waals surface area contributed by atoms with Crippen LogP contribution in [-0.4, -0.2) is 28.2 Å². The fraction of sp³-hybridized carbons (Fsp3) is 0.158. The first-order valence-corrected chi connectivity index (χ1v) is 8.99. The number of ether oxygens (including phenoxy) is 1. The van der Waals surface area contributed by atoms with Gasteiger partial charge in [0.25, 0.3) is 0 Å². The summed E-state index contributed by atoms with van der Waals surface area (Å²) < 4.78 is 5.38. The predicted octanol–water partition coefficient (Wildman–Crippen LogP) is 4.21. The van der Waals surface area contributed by atoms with Crippen molar-refractivity contribution in [2.75, 3.05) is 17.7 Å². The highest BCUT2D eigenvalue weighted by Crippen LogP contribution is 2.21. The summed E-state index contributed by atoms with van der Waals surface area (Å²) >= 11 is 1.37. The van der Waals surface area contributed by atoms with Gasteiger partial charge in [-0.1, -0.05) is 42.1 Å². The van der Waals surface area contributed by atoms with Crippen molar-refractivity contribution in [1.29, 1.82) is 0 Å². The normalized spacial score (nSPS) is 10.4. The molecule has 0 saturated carbocycles. The smallest absolute Gasteiger partial charge is 0.234 e. The highest BCUT2D eigenvalue weighted by Gasteiger charge is 2.07. The fourth-order valence-corrected chi connectivity index (χ4v) is 2.92. The van der Waals surface area contributed by atoms with E-state index in [1.165, 1.54) is 11.8 Å². The number of aromatic nitrogens is 2. The molecule has 0 aliphatic carbocycles. The lowest BCUT2D eigenvalue weighted by Crippen LogP contribution is -2.14. The van der Waals surface area contributed by atoms with Crippen LogP contribution in [0.25, 0.3) is 11.3 Å². The van der Waals surface area contributed by atoms with E-state index in [1.54, 1.807) is 6.20 Å². The molecule has 3 rings (SSSR count). The van der Waals surface area contributed by atoms with E-state index in [1.807, 2.05) is 61.5 Å². The van der Waals surface area contributed by atoms with Gasteiger partial charge in [-0.3, -0.25) is 4.79 Å². The van der Waals surface area contributed by atoms with Crippen molar-refractivity contribution >= 4 is 23.4 Å². The van der Waals surface area contributed by atoms with Crippen LogP contribution in [0.4, 0.5) is 5.69 Å². The first-order valence-electron chi connectivity index (χ1n) is 8.00. The van der Waals surface area contributed by atoms with Crippen LogP contribution < -0.4 is 10.1 Å². The van der Waals surface area contributed by atoms with Gasteiger partial charge in [-0.05, 0) is 36.8 Å². The lowest BCUT2D eigenvalue weighted by Gasteiger charge is -2.06. The number of imidazole rings is 1. The maximum Gasteiger partial charge on any atom is 0.234 e. The molecule has 1 aromatic heterocycles. The van der Waals surface area contributed by atoms with Gasteiger partial charge in [0.15, 0.2) is 5.16 Å². The Morgan fingerprint density at radius 2 is 1.92 bits per heavy atom. The van der Waals surface area contributed by atoms with Gasteiger partial charge in [0.1, 0.15) is 5.75 Å². The van der Waals surface area contributed by atoms with Crippen LogP contribution in [0.5, 0.6) is 5.75 Å². The second-order valence-electron chi connectivity index (χ2n) is 5.26. The molecule has 0 unspecified atom stereocenters. The van der Waals surface area contributed by atoms with Crippen LogP contribution in [0.15, 0.2) is 66.0 Å². The molecule has 0 bridgehead atoms. The van der Waals surface area contributed by atoms with E-state index in [-0.39, 0.29) is 11.7 Å². The molecule has 0 radical (unpaired) electrons. The first kappa shape index (κ1) is 17.1. The molecule has 25 heavy (non-hydrogen) atoms. The van der Waals surface area contributed by atoms with Crippen molar-refractivity contribution in [3.05, 3.63) is 60.8 Å². The van der Waals surface area contributed by atoms with Crippen molar-refractivity contribution in [1.82, 2.24) is 9.97 Å². The number of amides is 1. The Kier molecular flexibility index (Phi) is 5.74. The Labute approximate surface area is 150 Å². The van der Waals surface area contributed by atoms with E-state index >= 15 is 0 Å². The van der Waals surface area contributed by atoms with Crippen LogP contribution in [0.1, 0.15) is 6.92 Å². The van der Waals surface area contributed by atoms with Crippen LogP contribution in [0.2, 0.25) is 0 Å². The average molecular weight is 353 g/mol. The van der Waals surface area contributed by atoms with Gasteiger partial charge in [0.2, 0.25) is 5.91 Å². The lowest BCUT2D eigenvalue weighted by molar-refractivity contribution is -0.113. The maximum absolute atomic E-state index is 12.1. The van der Waals surface area contributed by atoms with Gasteiger partial charge in [-0.25, -0.2) is 4.98 Å². The van der Waals surface area contributed by atoms with Gasteiger partial charge in [0.05, 0.1) is 24.3 Å². The molecule has 2 N–H and O–H groups in total. The molecule has 5 nitrogen and oxygen atoms in total. The van der Waals surface area contributed by atoms with Crippen molar-refractivity contribution in [3.63, 3.8) is 0 Å². The molecule has 0 aliphatic heterocycles. The molecule has 2 aromatic carbocycles. The Balaban J connectivity index is 1.51. The number of hydrogen-bond acceptors (Lipinski definition) is 4. The molecule has 6 heteroatoms. The third-order valence-corrected chi connectivity index (χ3v) is 4.31. The molecule has 1 heterocycles. The van der Waals surface area contributed by atoms with Crippen molar-refractivity contribution in [3.8, 4) is 17.0 Å². The minimum absolute atomic E-state index is 0.0770. The molecule has 0 aliphatic rings. The minimum Gasteiger partial charge on any atom is -0.494 e. The largest absolute Gasteiger partial charge is 0.494 e. The number of H-pyrrole nitrogens is 1. The molecule has 0 saturated heterocycles. The number of thioether (sulfide) groups is 1. The second-order valence-corrected chi connectivity index (χ2v) is 6.23. The highest BCUT2D eigenvalue weighted by atomic mass is 32.2. The SMILES string of the molecule is CCOc1ccc(NC(=O)CSc2ncc(-c3ccccc3)[nH]2)cc1. The Hall–Kier alpha value is -2.73. The number of rotatable bonds is 7. The fourth-order valence-electron chi connectivity index (χ4n) is 2.27. The summed E-state index contributed by atoms with van der Waals surface area (Å²) in [6.07, 6.45) is 1.78. The average Bonchev–Trinajstić information content (AvgIpc) is 3.12.